The maximum absolute atomic E-state index is 11.5. The van der Waals surface area contributed by atoms with E-state index >= 15 is 0 Å². The highest BCUT2D eigenvalue weighted by atomic mass is 35.5. The molecule has 0 aromatic heterocycles. The fraction of sp³-hybridized carbons (Fsp3) is 0.571. The highest BCUT2D eigenvalue weighted by molar-refractivity contribution is 7.92. The number of hydrogen-bond donors (Lipinski definition) is 2. The molecule has 1 fully saturated rings. The van der Waals surface area contributed by atoms with E-state index in [1.807, 2.05) is 12.1 Å². The molecule has 1 aliphatic heterocycles. The average Bonchev–Trinajstić information content (AvgIpc) is 2.37. The predicted octanol–water partition coefficient (Wildman–Crippen LogP) is 2.12. The van der Waals surface area contributed by atoms with E-state index in [1.165, 1.54) is 23.8 Å². The molecule has 1 aromatic rings. The van der Waals surface area contributed by atoms with Crippen LogP contribution in [-0.4, -0.2) is 27.8 Å². The van der Waals surface area contributed by atoms with Gasteiger partial charge >= 0.3 is 0 Å². The van der Waals surface area contributed by atoms with Crippen molar-refractivity contribution in [3.63, 3.8) is 0 Å². The normalized spacial score (nSPS) is 25.1. The zero-order valence-electron chi connectivity index (χ0n) is 11.6. The molecule has 1 heterocycles. The van der Waals surface area contributed by atoms with E-state index in [-0.39, 0.29) is 12.4 Å². The first-order chi connectivity index (χ1) is 9.04. The third-order valence-corrected chi connectivity index (χ3v) is 4.85. The van der Waals surface area contributed by atoms with Gasteiger partial charge in [0.05, 0.1) is 11.9 Å². The van der Waals surface area contributed by atoms with Gasteiger partial charge in [-0.05, 0) is 61.4 Å². The molecule has 2 N–H and O–H groups in total. The Labute approximate surface area is 126 Å². The van der Waals surface area contributed by atoms with Crippen molar-refractivity contribution in [1.29, 1.82) is 0 Å². The molecule has 6 heteroatoms. The Morgan fingerprint density at radius 3 is 2.85 bits per heavy atom. The van der Waals surface area contributed by atoms with Crippen molar-refractivity contribution in [3.8, 4) is 0 Å². The number of benzene rings is 1. The fourth-order valence-electron chi connectivity index (χ4n) is 3.50. The average molecular weight is 317 g/mol. The number of halogens is 1. The zero-order valence-corrected chi connectivity index (χ0v) is 13.2. The van der Waals surface area contributed by atoms with Gasteiger partial charge in [-0.1, -0.05) is 12.1 Å². The lowest BCUT2D eigenvalue weighted by Gasteiger charge is -2.38. The maximum atomic E-state index is 11.5. The van der Waals surface area contributed by atoms with Gasteiger partial charge in [-0.15, -0.1) is 12.4 Å². The lowest BCUT2D eigenvalue weighted by Crippen LogP contribution is -2.38. The summed E-state index contributed by atoms with van der Waals surface area (Å²) in [5.41, 5.74) is 3.35. The Hall–Kier alpha value is -0.780. The van der Waals surface area contributed by atoms with Crippen molar-refractivity contribution in [2.45, 2.75) is 25.2 Å². The first-order valence-corrected chi connectivity index (χ1v) is 8.74. The zero-order chi connectivity index (χ0) is 13.5. The fourth-order valence-corrected chi connectivity index (χ4v) is 4.08. The van der Waals surface area contributed by atoms with Gasteiger partial charge in [0, 0.05) is 0 Å². The molecule has 1 saturated heterocycles. The number of anilines is 1. The van der Waals surface area contributed by atoms with Gasteiger partial charge in [-0.2, -0.15) is 0 Å². The molecule has 1 aromatic carbocycles. The van der Waals surface area contributed by atoms with Crippen LogP contribution in [0.1, 0.15) is 29.9 Å². The Bertz CT molecular complexity index is 589. The largest absolute Gasteiger partial charge is 0.316 e. The van der Waals surface area contributed by atoms with Gasteiger partial charge in [0.25, 0.3) is 0 Å². The van der Waals surface area contributed by atoms with Crippen LogP contribution in [0.4, 0.5) is 5.69 Å². The number of sulfonamides is 1. The summed E-state index contributed by atoms with van der Waals surface area (Å²) >= 11 is 0. The summed E-state index contributed by atoms with van der Waals surface area (Å²) in [6.07, 6.45) is 4.57. The molecular formula is C14H21ClN2O2S. The number of nitrogens with one attached hydrogen (secondary N) is 2. The molecule has 2 unspecified atom stereocenters. The summed E-state index contributed by atoms with van der Waals surface area (Å²) < 4.78 is 25.7. The van der Waals surface area contributed by atoms with Crippen molar-refractivity contribution in [2.24, 2.45) is 5.92 Å². The first-order valence-electron chi connectivity index (χ1n) is 6.85. The van der Waals surface area contributed by atoms with E-state index in [1.54, 1.807) is 0 Å². The quantitative estimate of drug-likeness (QED) is 0.878. The number of rotatable bonds is 2. The predicted molar refractivity (Wildman–Crippen MR) is 84.2 cm³/mol. The second kappa shape index (κ2) is 5.92. The molecule has 1 aliphatic carbocycles. The van der Waals surface area contributed by atoms with E-state index in [9.17, 15) is 8.42 Å². The molecule has 2 aliphatic rings. The van der Waals surface area contributed by atoms with Crippen LogP contribution in [0.15, 0.2) is 18.2 Å². The monoisotopic (exact) mass is 316 g/mol. The van der Waals surface area contributed by atoms with Crippen LogP contribution in [0.2, 0.25) is 0 Å². The Morgan fingerprint density at radius 2 is 2.10 bits per heavy atom. The van der Waals surface area contributed by atoms with Crippen molar-refractivity contribution < 1.29 is 8.42 Å². The van der Waals surface area contributed by atoms with E-state index < -0.39 is 10.0 Å². The highest BCUT2D eigenvalue weighted by Crippen LogP contribution is 2.43. The summed E-state index contributed by atoms with van der Waals surface area (Å²) in [6.45, 7) is 2.07. The summed E-state index contributed by atoms with van der Waals surface area (Å²) in [4.78, 5) is 0. The van der Waals surface area contributed by atoms with Crippen LogP contribution in [0.5, 0.6) is 0 Å². The second-order valence-electron chi connectivity index (χ2n) is 5.65. The van der Waals surface area contributed by atoms with Gasteiger partial charge in [0.2, 0.25) is 10.0 Å². The number of aryl methyl sites for hydroxylation is 1. The van der Waals surface area contributed by atoms with E-state index in [0.717, 1.165) is 31.6 Å². The Balaban J connectivity index is 0.00000147. The van der Waals surface area contributed by atoms with Crippen LogP contribution >= 0.6 is 12.4 Å². The smallest absolute Gasteiger partial charge is 0.229 e. The lowest BCUT2D eigenvalue weighted by molar-refractivity contribution is 0.294. The standard InChI is InChI=1S/C14H20N2O2S.ClH/c1-19(17,18)16-13-4-2-3-10-5-6-11-9-15-8-7-12(11)14(10)13;/h2-4,11-12,15-16H,5-9H2,1H3;1H. The van der Waals surface area contributed by atoms with Crippen molar-refractivity contribution in [2.75, 3.05) is 24.1 Å². The molecule has 3 rings (SSSR count). The number of fused-ring (bicyclic) bond motifs is 3. The molecule has 4 nitrogen and oxygen atoms in total. The van der Waals surface area contributed by atoms with Gasteiger partial charge in [-0.3, -0.25) is 4.72 Å². The van der Waals surface area contributed by atoms with Crippen LogP contribution in [0.3, 0.4) is 0 Å². The molecule has 0 bridgehead atoms. The van der Waals surface area contributed by atoms with Crippen molar-refractivity contribution in [1.82, 2.24) is 5.32 Å². The van der Waals surface area contributed by atoms with Gasteiger partial charge in [0.15, 0.2) is 0 Å². The molecular weight excluding hydrogens is 296 g/mol. The van der Waals surface area contributed by atoms with Crippen molar-refractivity contribution in [3.05, 3.63) is 29.3 Å². The van der Waals surface area contributed by atoms with E-state index in [2.05, 4.69) is 16.1 Å². The third kappa shape index (κ3) is 3.10. The van der Waals surface area contributed by atoms with Gasteiger partial charge < -0.3 is 5.32 Å². The first kappa shape index (κ1) is 15.6. The lowest BCUT2D eigenvalue weighted by atomic mass is 9.71. The van der Waals surface area contributed by atoms with Gasteiger partial charge in [0.1, 0.15) is 0 Å². The molecule has 0 radical (unpaired) electrons. The molecule has 20 heavy (non-hydrogen) atoms. The topological polar surface area (TPSA) is 58.2 Å². The van der Waals surface area contributed by atoms with Crippen molar-refractivity contribution >= 4 is 28.1 Å². The summed E-state index contributed by atoms with van der Waals surface area (Å²) in [7, 11) is -3.21. The minimum atomic E-state index is -3.21. The Morgan fingerprint density at radius 1 is 1.30 bits per heavy atom. The Kier molecular flexibility index (Phi) is 4.62. The summed E-state index contributed by atoms with van der Waals surface area (Å²) in [6, 6.07) is 5.99. The van der Waals surface area contributed by atoms with Crippen LogP contribution < -0.4 is 10.0 Å². The second-order valence-corrected chi connectivity index (χ2v) is 7.40. The highest BCUT2D eigenvalue weighted by Gasteiger charge is 2.33. The van der Waals surface area contributed by atoms with Crippen LogP contribution in [-0.2, 0) is 16.4 Å². The summed E-state index contributed by atoms with van der Waals surface area (Å²) in [5.74, 6) is 1.14. The minimum Gasteiger partial charge on any atom is -0.316 e. The van der Waals surface area contributed by atoms with E-state index in [4.69, 9.17) is 0 Å². The molecule has 0 spiro atoms. The molecule has 0 amide bonds. The molecule has 112 valence electrons. The molecule has 0 saturated carbocycles. The van der Waals surface area contributed by atoms with Crippen LogP contribution in [0.25, 0.3) is 0 Å². The number of hydrogen-bond acceptors (Lipinski definition) is 3. The third-order valence-electron chi connectivity index (χ3n) is 4.25. The minimum absolute atomic E-state index is 0. The molecule has 2 atom stereocenters. The summed E-state index contributed by atoms with van der Waals surface area (Å²) in [5, 5.41) is 3.44. The SMILES string of the molecule is CS(=O)(=O)Nc1cccc2c1C1CCNCC1CC2.Cl. The maximum Gasteiger partial charge on any atom is 0.229 e. The van der Waals surface area contributed by atoms with E-state index in [0.29, 0.717) is 11.8 Å². The van der Waals surface area contributed by atoms with Crippen LogP contribution in [0, 0.1) is 5.92 Å². The number of piperidine rings is 1. The van der Waals surface area contributed by atoms with Gasteiger partial charge in [-0.25, -0.2) is 8.42 Å².